The molecule has 0 N–H and O–H groups in total. The number of rotatable bonds is 8. The van der Waals surface area contributed by atoms with E-state index in [2.05, 4.69) is 252 Å². The van der Waals surface area contributed by atoms with Gasteiger partial charge >= 0.3 is 0 Å². The third kappa shape index (κ3) is 6.21. The summed E-state index contributed by atoms with van der Waals surface area (Å²) >= 11 is 0. The molecule has 1 aliphatic heterocycles. The number of anilines is 6. The van der Waals surface area contributed by atoms with Crippen LogP contribution in [0, 0.1) is 0 Å². The summed E-state index contributed by atoms with van der Waals surface area (Å²) in [6.07, 6.45) is 0. The van der Waals surface area contributed by atoms with Gasteiger partial charge in [-0.05, 0) is 111 Å². The van der Waals surface area contributed by atoms with Crippen LogP contribution in [-0.4, -0.2) is 0 Å². The minimum atomic E-state index is 0.845. The van der Waals surface area contributed by atoms with Gasteiger partial charge in [-0.25, -0.2) is 0 Å². The van der Waals surface area contributed by atoms with Crippen molar-refractivity contribution in [3.63, 3.8) is 0 Å². The first-order chi connectivity index (χ1) is 31.3. The van der Waals surface area contributed by atoms with Gasteiger partial charge in [-0.2, -0.15) is 0 Å². The summed E-state index contributed by atoms with van der Waals surface area (Å²) < 4.78 is 7.10. The molecule has 0 saturated carbocycles. The fourth-order valence-corrected chi connectivity index (χ4v) is 9.62. The van der Waals surface area contributed by atoms with Gasteiger partial charge in [-0.3, -0.25) is 0 Å². The Balaban J connectivity index is 0.978. The number of para-hydroxylation sites is 5. The zero-order valence-electron chi connectivity index (χ0n) is 34.4. The number of benzene rings is 11. The standard InChI is InChI=1S/C60H40N2O/c1-5-20-45(21-6-1)61(46-22-7-2-8-23-46)55-34-18-33-54-51-32-17-19-43-39-44(40-56(58(43)51)63-60(54)55)41-35-37-42(38-36-41)57-49-28-13-15-30-52(49)59(53-31-16-14-29-50(53)57)62(47-24-9-3-10-25-47)48-26-11-4-12-27-48/h1-40H. The van der Waals surface area contributed by atoms with Gasteiger partial charge in [0.05, 0.1) is 11.4 Å². The average Bonchev–Trinajstić information content (AvgIpc) is 3.35. The molecule has 0 fully saturated rings. The highest BCUT2D eigenvalue weighted by atomic mass is 16.5. The molecule has 3 heteroatoms. The Morgan fingerprint density at radius 1 is 0.317 bits per heavy atom. The number of nitrogens with zero attached hydrogens (tertiary/aromatic N) is 2. The van der Waals surface area contributed by atoms with E-state index in [1.165, 1.54) is 43.9 Å². The monoisotopic (exact) mass is 804 g/mol. The van der Waals surface area contributed by atoms with Gasteiger partial charge < -0.3 is 14.5 Å². The molecule has 296 valence electrons. The average molecular weight is 805 g/mol. The predicted molar refractivity (Wildman–Crippen MR) is 265 cm³/mol. The third-order valence-electron chi connectivity index (χ3n) is 12.4. The second-order valence-electron chi connectivity index (χ2n) is 16.0. The molecule has 3 nitrogen and oxygen atoms in total. The minimum Gasteiger partial charge on any atom is -0.454 e. The zero-order valence-corrected chi connectivity index (χ0v) is 34.4. The van der Waals surface area contributed by atoms with Crippen LogP contribution in [-0.2, 0) is 0 Å². The largest absolute Gasteiger partial charge is 0.454 e. The SMILES string of the molecule is c1ccc(N(c2ccccc2)c2cccc3c2Oc2cc(-c4ccc(-c5c6ccccc6c(N(c6ccccc6)c6ccccc6)c6ccccc56)cc4)cc4cccc-3c24)cc1. The minimum absolute atomic E-state index is 0.845. The maximum Gasteiger partial charge on any atom is 0.159 e. The molecule has 0 aromatic heterocycles. The maximum absolute atomic E-state index is 7.10. The first-order valence-electron chi connectivity index (χ1n) is 21.5. The fourth-order valence-electron chi connectivity index (χ4n) is 9.62. The number of hydrogen-bond acceptors (Lipinski definition) is 3. The Kier molecular flexibility index (Phi) is 8.83. The van der Waals surface area contributed by atoms with E-state index in [9.17, 15) is 0 Å². The van der Waals surface area contributed by atoms with Gasteiger partial charge in [0.2, 0.25) is 0 Å². The van der Waals surface area contributed by atoms with E-state index in [1.807, 2.05) is 0 Å². The van der Waals surface area contributed by atoms with Crippen molar-refractivity contribution >= 4 is 66.4 Å². The Bertz CT molecular complexity index is 3320. The molecule has 0 unspecified atom stereocenters. The van der Waals surface area contributed by atoms with E-state index in [4.69, 9.17) is 4.74 Å². The highest BCUT2D eigenvalue weighted by Gasteiger charge is 2.27. The van der Waals surface area contributed by atoms with Gasteiger partial charge in [0.25, 0.3) is 0 Å². The molecule has 0 saturated heterocycles. The van der Waals surface area contributed by atoms with E-state index in [0.717, 1.165) is 67.4 Å². The summed E-state index contributed by atoms with van der Waals surface area (Å²) in [6.45, 7) is 0. The Morgan fingerprint density at radius 2 is 0.778 bits per heavy atom. The topological polar surface area (TPSA) is 15.7 Å². The summed E-state index contributed by atoms with van der Waals surface area (Å²) in [5.41, 5.74) is 13.4. The van der Waals surface area contributed by atoms with Crippen LogP contribution in [0.5, 0.6) is 11.5 Å². The van der Waals surface area contributed by atoms with Gasteiger partial charge in [0.15, 0.2) is 5.75 Å². The second-order valence-corrected chi connectivity index (χ2v) is 16.0. The van der Waals surface area contributed by atoms with Crippen molar-refractivity contribution in [1.29, 1.82) is 0 Å². The van der Waals surface area contributed by atoms with Crippen LogP contribution < -0.4 is 14.5 Å². The van der Waals surface area contributed by atoms with Crippen molar-refractivity contribution in [2.24, 2.45) is 0 Å². The van der Waals surface area contributed by atoms with Crippen LogP contribution in [0.1, 0.15) is 0 Å². The molecule has 0 amide bonds. The number of fused-ring (bicyclic) bond motifs is 4. The molecule has 63 heavy (non-hydrogen) atoms. The van der Waals surface area contributed by atoms with Crippen LogP contribution in [0.2, 0.25) is 0 Å². The lowest BCUT2D eigenvalue weighted by molar-refractivity contribution is 0.488. The van der Waals surface area contributed by atoms with Crippen molar-refractivity contribution in [3.8, 4) is 44.9 Å². The normalized spacial score (nSPS) is 11.6. The molecule has 0 aliphatic carbocycles. The second kappa shape index (κ2) is 15.3. The van der Waals surface area contributed by atoms with E-state index in [-0.39, 0.29) is 0 Å². The van der Waals surface area contributed by atoms with Gasteiger partial charge in [-0.1, -0.05) is 176 Å². The van der Waals surface area contributed by atoms with Gasteiger partial charge in [0.1, 0.15) is 5.75 Å². The van der Waals surface area contributed by atoms with Crippen LogP contribution in [0.3, 0.4) is 0 Å². The van der Waals surface area contributed by atoms with Crippen LogP contribution in [0.25, 0.3) is 65.7 Å². The van der Waals surface area contributed by atoms with Crippen LogP contribution in [0.4, 0.5) is 34.1 Å². The summed E-state index contributed by atoms with van der Waals surface area (Å²) in [4.78, 5) is 4.69. The zero-order chi connectivity index (χ0) is 41.7. The maximum atomic E-state index is 7.10. The Labute approximate surface area is 367 Å². The smallest absolute Gasteiger partial charge is 0.159 e. The molecule has 1 heterocycles. The molecule has 11 aromatic carbocycles. The molecule has 0 spiro atoms. The van der Waals surface area contributed by atoms with E-state index >= 15 is 0 Å². The van der Waals surface area contributed by atoms with Crippen molar-refractivity contribution in [2.45, 2.75) is 0 Å². The Hall–Kier alpha value is -8.40. The lowest BCUT2D eigenvalue weighted by Gasteiger charge is -2.30. The Morgan fingerprint density at radius 3 is 1.33 bits per heavy atom. The van der Waals surface area contributed by atoms with Crippen LogP contribution in [0.15, 0.2) is 243 Å². The lowest BCUT2D eigenvalue weighted by Crippen LogP contribution is -2.12. The molecule has 0 atom stereocenters. The van der Waals surface area contributed by atoms with Gasteiger partial charge in [-0.15, -0.1) is 0 Å². The molecule has 12 rings (SSSR count). The van der Waals surface area contributed by atoms with Crippen molar-refractivity contribution in [2.75, 3.05) is 9.80 Å². The lowest BCUT2D eigenvalue weighted by atomic mass is 9.88. The number of ether oxygens (including phenoxy) is 1. The molecule has 1 aliphatic rings. The van der Waals surface area contributed by atoms with Crippen molar-refractivity contribution < 1.29 is 4.74 Å². The highest BCUT2D eigenvalue weighted by molar-refractivity contribution is 6.22. The highest BCUT2D eigenvalue weighted by Crippen LogP contribution is 2.54. The fraction of sp³-hybridized carbons (Fsp3) is 0. The predicted octanol–water partition coefficient (Wildman–Crippen LogP) is 17.2. The van der Waals surface area contributed by atoms with Crippen molar-refractivity contribution in [1.82, 2.24) is 0 Å². The summed E-state index contributed by atoms with van der Waals surface area (Å²) in [7, 11) is 0. The van der Waals surface area contributed by atoms with E-state index in [1.54, 1.807) is 0 Å². The summed E-state index contributed by atoms with van der Waals surface area (Å²) in [5, 5.41) is 7.09. The van der Waals surface area contributed by atoms with Crippen LogP contribution >= 0.6 is 0 Å². The van der Waals surface area contributed by atoms with Gasteiger partial charge in [0, 0.05) is 44.5 Å². The summed E-state index contributed by atoms with van der Waals surface area (Å²) in [6, 6.07) is 86.8. The third-order valence-corrected chi connectivity index (χ3v) is 12.4. The van der Waals surface area contributed by atoms with Crippen molar-refractivity contribution in [3.05, 3.63) is 243 Å². The van der Waals surface area contributed by atoms with E-state index < -0.39 is 0 Å². The molecule has 0 radical (unpaired) electrons. The first kappa shape index (κ1) is 36.5. The molecular weight excluding hydrogens is 765 g/mol. The van der Waals surface area contributed by atoms with E-state index in [0.29, 0.717) is 0 Å². The molecule has 11 aromatic rings. The quantitative estimate of drug-likeness (QED) is 0.142. The molecular formula is C60H40N2O. The number of hydrogen-bond donors (Lipinski definition) is 0. The first-order valence-corrected chi connectivity index (χ1v) is 21.5. The molecule has 0 bridgehead atoms. The summed E-state index contributed by atoms with van der Waals surface area (Å²) in [5.74, 6) is 1.70.